The molecule has 0 aromatic rings. The van der Waals surface area contributed by atoms with Crippen LogP contribution in [0.2, 0.25) is 0 Å². The number of nitrogens with zero attached hydrogens (tertiary/aromatic N) is 1. The van der Waals surface area contributed by atoms with E-state index in [1.165, 1.54) is 23.6 Å². The fourth-order valence-corrected chi connectivity index (χ4v) is 3.86. The minimum atomic E-state index is -1.15. The van der Waals surface area contributed by atoms with Gasteiger partial charge in [-0.3, -0.25) is 9.59 Å². The van der Waals surface area contributed by atoms with E-state index < -0.39 is 18.0 Å². The van der Waals surface area contributed by atoms with Gasteiger partial charge in [0.15, 0.2) is 0 Å². The summed E-state index contributed by atoms with van der Waals surface area (Å²) in [6.45, 7) is 1.82. The Morgan fingerprint density at radius 1 is 1.55 bits per heavy atom. The first kappa shape index (κ1) is 16.8. The van der Waals surface area contributed by atoms with Gasteiger partial charge in [-0.25, -0.2) is 4.79 Å². The van der Waals surface area contributed by atoms with E-state index >= 15 is 0 Å². The highest BCUT2D eigenvalue weighted by Crippen LogP contribution is 2.46. The highest BCUT2D eigenvalue weighted by Gasteiger charge is 2.56. The van der Waals surface area contributed by atoms with E-state index in [0.717, 1.165) is 0 Å². The average Bonchev–Trinajstić information content (AvgIpc) is 2.77. The Balaban J connectivity index is 2.00. The van der Waals surface area contributed by atoms with E-state index in [2.05, 4.69) is 5.32 Å². The molecule has 0 unspecified atom stereocenters. The predicted molar refractivity (Wildman–Crippen MR) is 79.6 cm³/mol. The lowest BCUT2D eigenvalue weighted by Crippen LogP contribution is -2.61. The van der Waals surface area contributed by atoms with Crippen LogP contribution >= 0.6 is 11.8 Å². The van der Waals surface area contributed by atoms with E-state index in [4.69, 9.17) is 5.73 Å². The number of aliphatic carboxylic acids is 1. The molecule has 1 fully saturated rings. The summed E-state index contributed by atoms with van der Waals surface area (Å²) in [7, 11) is 0. The molecule has 2 aliphatic rings. The van der Waals surface area contributed by atoms with Crippen LogP contribution in [0.3, 0.4) is 0 Å². The SMILES string of the molecule is C[C@H](O)[C@H]1C(=O)N2C(C(=O)O)=C(SCCNC(=O)CN)C[C@H]12. The van der Waals surface area contributed by atoms with Gasteiger partial charge in [0, 0.05) is 23.6 Å². The molecule has 0 radical (unpaired) electrons. The molecular weight excluding hydrogens is 310 g/mol. The Labute approximate surface area is 131 Å². The van der Waals surface area contributed by atoms with Crippen LogP contribution in [-0.4, -0.2) is 63.9 Å². The molecule has 3 atom stereocenters. The molecule has 5 N–H and O–H groups in total. The largest absolute Gasteiger partial charge is 0.477 e. The van der Waals surface area contributed by atoms with Gasteiger partial charge in [0.05, 0.1) is 24.6 Å². The molecule has 8 nitrogen and oxygen atoms in total. The Hall–Kier alpha value is -1.58. The number of aliphatic hydroxyl groups excluding tert-OH is 1. The summed E-state index contributed by atoms with van der Waals surface area (Å²) in [6, 6.07) is -0.278. The third-order valence-electron chi connectivity index (χ3n) is 3.78. The number of hydrogen-bond acceptors (Lipinski definition) is 6. The predicted octanol–water partition coefficient (Wildman–Crippen LogP) is -1.30. The third kappa shape index (κ3) is 2.96. The summed E-state index contributed by atoms with van der Waals surface area (Å²) in [4.78, 5) is 36.3. The number of carboxylic acid groups (broad SMARTS) is 1. The van der Waals surface area contributed by atoms with E-state index in [9.17, 15) is 24.6 Å². The summed E-state index contributed by atoms with van der Waals surface area (Å²) < 4.78 is 0. The van der Waals surface area contributed by atoms with Crippen LogP contribution in [-0.2, 0) is 14.4 Å². The van der Waals surface area contributed by atoms with E-state index in [1.807, 2.05) is 0 Å². The van der Waals surface area contributed by atoms with Crippen molar-refractivity contribution >= 4 is 29.5 Å². The molecule has 0 saturated carbocycles. The highest BCUT2D eigenvalue weighted by molar-refractivity contribution is 8.03. The Bertz CT molecular complexity index is 534. The number of fused-ring (bicyclic) bond motifs is 1. The normalized spacial score (nSPS) is 24.9. The number of β-lactam (4-membered cyclic amide) rings is 1. The van der Waals surface area contributed by atoms with Crippen LogP contribution in [0, 0.1) is 5.92 Å². The molecule has 2 amide bonds. The van der Waals surface area contributed by atoms with E-state index in [-0.39, 0.29) is 30.1 Å². The molecule has 1 saturated heterocycles. The van der Waals surface area contributed by atoms with E-state index in [1.54, 1.807) is 0 Å². The van der Waals surface area contributed by atoms with Gasteiger partial charge in [0.2, 0.25) is 11.8 Å². The zero-order valence-corrected chi connectivity index (χ0v) is 12.9. The number of nitrogens with one attached hydrogen (secondary N) is 1. The van der Waals surface area contributed by atoms with Crippen molar-refractivity contribution in [3.05, 3.63) is 10.6 Å². The fourth-order valence-electron chi connectivity index (χ4n) is 2.80. The monoisotopic (exact) mass is 329 g/mol. The van der Waals surface area contributed by atoms with Crippen molar-refractivity contribution in [2.45, 2.75) is 25.5 Å². The standard InChI is InChI=1S/C13H19N3O5S/c1-6(17)10-7-4-8(22-3-2-15-9(18)5-14)11(13(20)21)16(7)12(10)19/h6-7,10,17H,2-5,14H2,1H3,(H,15,18)(H,20,21)/t6-,7+,10+/m0/s1. The molecule has 2 heterocycles. The number of hydrogen-bond donors (Lipinski definition) is 4. The number of amides is 2. The minimum absolute atomic E-state index is 0.00190. The minimum Gasteiger partial charge on any atom is -0.477 e. The van der Waals surface area contributed by atoms with Gasteiger partial charge in [-0.15, -0.1) is 11.8 Å². The Morgan fingerprint density at radius 3 is 2.77 bits per heavy atom. The third-order valence-corrected chi connectivity index (χ3v) is 4.89. The first-order chi connectivity index (χ1) is 10.4. The lowest BCUT2D eigenvalue weighted by Gasteiger charge is -2.44. The molecule has 2 aliphatic heterocycles. The van der Waals surface area contributed by atoms with Crippen molar-refractivity contribution < 1.29 is 24.6 Å². The van der Waals surface area contributed by atoms with Crippen LogP contribution in [0.15, 0.2) is 10.6 Å². The number of nitrogens with two attached hydrogens (primary N) is 1. The summed E-state index contributed by atoms with van der Waals surface area (Å²) in [5, 5.41) is 21.5. The first-order valence-corrected chi connectivity index (χ1v) is 7.94. The van der Waals surface area contributed by atoms with Crippen LogP contribution < -0.4 is 11.1 Å². The smallest absolute Gasteiger partial charge is 0.353 e. The topological polar surface area (TPSA) is 133 Å². The number of carbonyl (C=O) groups is 3. The van der Waals surface area contributed by atoms with Crippen molar-refractivity contribution in [1.82, 2.24) is 10.2 Å². The Morgan fingerprint density at radius 2 is 2.23 bits per heavy atom. The van der Waals surface area contributed by atoms with Crippen LogP contribution in [0.1, 0.15) is 13.3 Å². The lowest BCUT2D eigenvalue weighted by molar-refractivity contribution is -0.161. The first-order valence-electron chi connectivity index (χ1n) is 6.95. The second-order valence-corrected chi connectivity index (χ2v) is 6.42. The summed E-state index contributed by atoms with van der Waals surface area (Å²) in [5.74, 6) is -1.80. The summed E-state index contributed by atoms with van der Waals surface area (Å²) >= 11 is 1.30. The fraction of sp³-hybridized carbons (Fsp3) is 0.615. The van der Waals surface area contributed by atoms with Crippen molar-refractivity contribution in [3.63, 3.8) is 0 Å². The van der Waals surface area contributed by atoms with Gasteiger partial charge in [-0.1, -0.05) is 0 Å². The molecule has 0 aromatic carbocycles. The maximum Gasteiger partial charge on any atom is 0.353 e. The van der Waals surface area contributed by atoms with Crippen LogP contribution in [0.5, 0.6) is 0 Å². The number of aliphatic hydroxyl groups is 1. The molecule has 0 aliphatic carbocycles. The zero-order chi connectivity index (χ0) is 16.4. The Kier molecular flexibility index (Phi) is 5.09. The molecule has 22 heavy (non-hydrogen) atoms. The molecular formula is C13H19N3O5S. The number of carbonyl (C=O) groups excluding carboxylic acids is 2. The molecule has 0 spiro atoms. The van der Waals surface area contributed by atoms with Gasteiger partial charge in [-0.2, -0.15) is 0 Å². The number of carboxylic acids is 1. The van der Waals surface area contributed by atoms with Crippen molar-refractivity contribution in [2.75, 3.05) is 18.8 Å². The molecule has 0 aromatic heterocycles. The molecule has 122 valence electrons. The zero-order valence-electron chi connectivity index (χ0n) is 12.1. The van der Waals surface area contributed by atoms with Gasteiger partial charge in [-0.05, 0) is 6.92 Å². The average molecular weight is 329 g/mol. The van der Waals surface area contributed by atoms with Crippen molar-refractivity contribution in [1.29, 1.82) is 0 Å². The van der Waals surface area contributed by atoms with Gasteiger partial charge in [0.1, 0.15) is 5.70 Å². The maximum atomic E-state index is 12.0. The summed E-state index contributed by atoms with van der Waals surface area (Å²) in [6.07, 6.45) is -0.365. The van der Waals surface area contributed by atoms with Gasteiger partial charge < -0.3 is 26.2 Å². The second kappa shape index (κ2) is 6.67. The van der Waals surface area contributed by atoms with Crippen LogP contribution in [0.25, 0.3) is 0 Å². The van der Waals surface area contributed by atoms with Crippen molar-refractivity contribution in [2.24, 2.45) is 11.7 Å². The summed E-state index contributed by atoms with van der Waals surface area (Å²) in [5.41, 5.74) is 5.17. The quantitative estimate of drug-likeness (QED) is 0.337. The van der Waals surface area contributed by atoms with Gasteiger partial charge in [0.25, 0.3) is 0 Å². The second-order valence-electron chi connectivity index (χ2n) is 5.23. The van der Waals surface area contributed by atoms with Crippen molar-refractivity contribution in [3.8, 4) is 0 Å². The molecule has 9 heteroatoms. The highest BCUT2D eigenvalue weighted by atomic mass is 32.2. The van der Waals surface area contributed by atoms with Gasteiger partial charge >= 0.3 is 5.97 Å². The number of rotatable bonds is 7. The maximum absolute atomic E-state index is 12.0. The number of thioether (sulfide) groups is 1. The molecule has 0 bridgehead atoms. The van der Waals surface area contributed by atoms with Crippen LogP contribution in [0.4, 0.5) is 0 Å². The molecule has 2 rings (SSSR count). The lowest BCUT2D eigenvalue weighted by atomic mass is 9.83. The van der Waals surface area contributed by atoms with E-state index in [0.29, 0.717) is 23.6 Å².